The van der Waals surface area contributed by atoms with E-state index in [0.29, 0.717) is 11.3 Å². The number of anilines is 1. The fraction of sp³-hybridized carbons (Fsp3) is 0.357. The Balaban J connectivity index is 2.04. The van der Waals surface area contributed by atoms with Crippen molar-refractivity contribution in [3.05, 3.63) is 29.8 Å². The van der Waals surface area contributed by atoms with Crippen molar-refractivity contribution in [2.45, 2.75) is 19.4 Å². The molecule has 1 atom stereocenters. The van der Waals surface area contributed by atoms with Crippen LogP contribution in [-0.2, 0) is 9.53 Å². The molecule has 1 aromatic rings. The van der Waals surface area contributed by atoms with Gasteiger partial charge < -0.3 is 10.1 Å². The molecule has 0 radical (unpaired) electrons. The van der Waals surface area contributed by atoms with Crippen LogP contribution in [-0.4, -0.2) is 42.8 Å². The minimum Gasteiger partial charge on any atom is -0.465 e. The van der Waals surface area contributed by atoms with E-state index in [-0.39, 0.29) is 18.5 Å². The van der Waals surface area contributed by atoms with Gasteiger partial charge in [-0.25, -0.2) is 4.79 Å². The lowest BCUT2D eigenvalue weighted by Crippen LogP contribution is -2.33. The quantitative estimate of drug-likeness (QED) is 0.845. The Bertz CT molecular complexity index is 542. The van der Waals surface area contributed by atoms with Crippen molar-refractivity contribution in [1.82, 2.24) is 5.01 Å². The highest BCUT2D eigenvalue weighted by atomic mass is 16.5. The zero-order valence-electron chi connectivity index (χ0n) is 11.5. The predicted octanol–water partition coefficient (Wildman–Crippen LogP) is 1.49. The van der Waals surface area contributed by atoms with Gasteiger partial charge in [0.15, 0.2) is 0 Å². The molecule has 1 aromatic carbocycles. The Labute approximate surface area is 117 Å². The van der Waals surface area contributed by atoms with E-state index in [9.17, 15) is 9.59 Å². The number of nitrogens with one attached hydrogen (secondary N) is 1. The van der Waals surface area contributed by atoms with E-state index in [1.807, 2.05) is 6.92 Å². The van der Waals surface area contributed by atoms with Crippen LogP contribution in [0.1, 0.15) is 23.7 Å². The van der Waals surface area contributed by atoms with E-state index < -0.39 is 5.97 Å². The lowest BCUT2D eigenvalue weighted by Gasteiger charge is -2.19. The van der Waals surface area contributed by atoms with Gasteiger partial charge in [0, 0.05) is 18.7 Å². The molecule has 0 bridgehead atoms. The van der Waals surface area contributed by atoms with Crippen molar-refractivity contribution in [1.29, 1.82) is 0 Å². The highest BCUT2D eigenvalue weighted by Crippen LogP contribution is 2.16. The maximum Gasteiger partial charge on any atom is 0.339 e. The van der Waals surface area contributed by atoms with Crippen LogP contribution in [0.2, 0.25) is 0 Å². The van der Waals surface area contributed by atoms with Gasteiger partial charge in [0.2, 0.25) is 5.91 Å². The number of methoxy groups -OCH3 is 1. The van der Waals surface area contributed by atoms with E-state index in [0.717, 1.165) is 6.42 Å². The van der Waals surface area contributed by atoms with Crippen LogP contribution in [0.3, 0.4) is 0 Å². The first kappa shape index (κ1) is 14.0. The van der Waals surface area contributed by atoms with Gasteiger partial charge in [-0.3, -0.25) is 9.80 Å². The molecule has 6 nitrogen and oxygen atoms in total. The van der Waals surface area contributed by atoms with E-state index in [1.54, 1.807) is 35.5 Å². The summed E-state index contributed by atoms with van der Waals surface area (Å²) in [6.45, 7) is 2.16. The average molecular weight is 275 g/mol. The molecule has 1 aliphatic rings. The first-order chi connectivity index (χ1) is 9.61. The van der Waals surface area contributed by atoms with Crippen LogP contribution in [0.15, 0.2) is 29.4 Å². The first-order valence-electron chi connectivity index (χ1n) is 6.38. The third kappa shape index (κ3) is 3.14. The average Bonchev–Trinajstić information content (AvgIpc) is 2.84. The molecule has 0 aromatic heterocycles. The molecule has 6 heteroatoms. The van der Waals surface area contributed by atoms with Gasteiger partial charge in [-0.2, -0.15) is 5.10 Å². The number of hydrogen-bond acceptors (Lipinski definition) is 5. The Morgan fingerprint density at radius 1 is 1.45 bits per heavy atom. The van der Waals surface area contributed by atoms with Crippen LogP contribution in [0.4, 0.5) is 5.69 Å². The predicted molar refractivity (Wildman–Crippen MR) is 75.7 cm³/mol. The number of para-hydroxylation sites is 1. The topological polar surface area (TPSA) is 71.0 Å². The Morgan fingerprint density at radius 3 is 2.85 bits per heavy atom. The minimum atomic E-state index is -0.478. The summed E-state index contributed by atoms with van der Waals surface area (Å²) in [6, 6.07) is 6.96. The largest absolute Gasteiger partial charge is 0.465 e. The standard InChI is InChI=1S/C14H17N3O3/c1-10-7-8-15-17(10)9-13(18)16-12-6-4-3-5-11(12)14(19)20-2/h3-6,8,10H,7,9H2,1-2H3,(H,16,18)/t10-/m1/s1. The molecule has 1 aliphatic heterocycles. The van der Waals surface area contributed by atoms with Crippen LogP contribution in [0.25, 0.3) is 0 Å². The lowest BCUT2D eigenvalue weighted by atomic mass is 10.2. The SMILES string of the molecule is COC(=O)c1ccccc1NC(=O)CN1N=CC[C@H]1C. The molecule has 2 rings (SSSR count). The number of nitrogens with zero attached hydrogens (tertiary/aromatic N) is 2. The summed E-state index contributed by atoms with van der Waals surface area (Å²) < 4.78 is 4.68. The van der Waals surface area contributed by atoms with E-state index in [2.05, 4.69) is 15.2 Å². The molecule has 1 amide bonds. The summed E-state index contributed by atoms with van der Waals surface area (Å²) >= 11 is 0. The first-order valence-corrected chi connectivity index (χ1v) is 6.38. The highest BCUT2D eigenvalue weighted by Gasteiger charge is 2.20. The Hall–Kier alpha value is -2.37. The highest BCUT2D eigenvalue weighted by molar-refractivity contribution is 6.01. The molecule has 1 heterocycles. The number of hydrazone groups is 1. The fourth-order valence-electron chi connectivity index (χ4n) is 1.95. The molecule has 0 fully saturated rings. The van der Waals surface area contributed by atoms with Crippen LogP contribution >= 0.6 is 0 Å². The van der Waals surface area contributed by atoms with Gasteiger partial charge in [0.05, 0.1) is 18.4 Å². The van der Waals surface area contributed by atoms with Crippen molar-refractivity contribution < 1.29 is 14.3 Å². The number of hydrogen-bond donors (Lipinski definition) is 1. The number of benzene rings is 1. The number of carbonyl (C=O) groups excluding carboxylic acids is 2. The van der Waals surface area contributed by atoms with Crippen LogP contribution < -0.4 is 5.32 Å². The number of rotatable bonds is 4. The molecule has 106 valence electrons. The third-order valence-corrected chi connectivity index (χ3v) is 3.10. The monoisotopic (exact) mass is 275 g/mol. The summed E-state index contributed by atoms with van der Waals surface area (Å²) in [7, 11) is 1.31. The maximum atomic E-state index is 12.0. The van der Waals surface area contributed by atoms with Gasteiger partial charge in [-0.1, -0.05) is 12.1 Å². The van der Waals surface area contributed by atoms with Crippen molar-refractivity contribution in [2.75, 3.05) is 19.0 Å². The normalized spacial score (nSPS) is 17.1. The second kappa shape index (κ2) is 6.18. The summed E-state index contributed by atoms with van der Waals surface area (Å²) in [5.74, 6) is -0.694. The van der Waals surface area contributed by atoms with Gasteiger partial charge in [-0.15, -0.1) is 0 Å². The smallest absolute Gasteiger partial charge is 0.339 e. The molecular formula is C14H17N3O3. The second-order valence-electron chi connectivity index (χ2n) is 4.57. The zero-order chi connectivity index (χ0) is 14.5. The summed E-state index contributed by atoms with van der Waals surface area (Å²) in [5, 5.41) is 8.56. The van der Waals surface area contributed by atoms with Crippen molar-refractivity contribution in [3.63, 3.8) is 0 Å². The third-order valence-electron chi connectivity index (χ3n) is 3.10. The molecule has 1 N–H and O–H groups in total. The summed E-state index contributed by atoms with van der Waals surface area (Å²) in [4.78, 5) is 23.6. The Kier molecular flexibility index (Phi) is 4.34. The summed E-state index contributed by atoms with van der Waals surface area (Å²) in [5.41, 5.74) is 0.779. The molecular weight excluding hydrogens is 258 g/mol. The van der Waals surface area contributed by atoms with Crippen molar-refractivity contribution in [3.8, 4) is 0 Å². The van der Waals surface area contributed by atoms with Crippen molar-refractivity contribution >= 4 is 23.8 Å². The molecule has 0 saturated heterocycles. The number of esters is 1. The minimum absolute atomic E-state index is 0.160. The molecule has 0 aliphatic carbocycles. The fourth-order valence-corrected chi connectivity index (χ4v) is 1.95. The summed E-state index contributed by atoms with van der Waals surface area (Å²) in [6.07, 6.45) is 2.63. The molecule has 0 saturated carbocycles. The number of ether oxygens (including phenoxy) is 1. The van der Waals surface area contributed by atoms with Gasteiger partial charge in [0.1, 0.15) is 6.54 Å². The molecule has 0 spiro atoms. The van der Waals surface area contributed by atoms with E-state index in [4.69, 9.17) is 0 Å². The lowest BCUT2D eigenvalue weighted by molar-refractivity contribution is -0.117. The second-order valence-corrected chi connectivity index (χ2v) is 4.57. The van der Waals surface area contributed by atoms with E-state index >= 15 is 0 Å². The van der Waals surface area contributed by atoms with Gasteiger partial charge in [-0.05, 0) is 19.1 Å². The van der Waals surface area contributed by atoms with Crippen LogP contribution in [0, 0.1) is 0 Å². The molecule has 0 unspecified atom stereocenters. The number of amides is 1. The number of carbonyl (C=O) groups is 2. The maximum absolute atomic E-state index is 12.0. The Morgan fingerprint density at radius 2 is 2.20 bits per heavy atom. The van der Waals surface area contributed by atoms with E-state index in [1.165, 1.54) is 7.11 Å². The van der Waals surface area contributed by atoms with Crippen molar-refractivity contribution in [2.24, 2.45) is 5.10 Å². The van der Waals surface area contributed by atoms with Gasteiger partial charge in [0.25, 0.3) is 0 Å². The van der Waals surface area contributed by atoms with Crippen LogP contribution in [0.5, 0.6) is 0 Å². The van der Waals surface area contributed by atoms with Gasteiger partial charge >= 0.3 is 5.97 Å². The molecule has 20 heavy (non-hydrogen) atoms. The zero-order valence-corrected chi connectivity index (χ0v) is 11.5.